The van der Waals surface area contributed by atoms with Gasteiger partial charge in [-0.3, -0.25) is 4.79 Å². The predicted octanol–water partition coefficient (Wildman–Crippen LogP) is 5.28. The van der Waals surface area contributed by atoms with Crippen molar-refractivity contribution in [3.8, 4) is 0 Å². The highest BCUT2D eigenvalue weighted by atomic mass is 32.2. The first-order valence-electron chi connectivity index (χ1n) is 10.7. The van der Waals surface area contributed by atoms with Gasteiger partial charge in [0.15, 0.2) is 5.78 Å². The summed E-state index contributed by atoms with van der Waals surface area (Å²) in [5, 5.41) is 0. The largest absolute Gasteiger partial charge is 0.289 e. The van der Waals surface area contributed by atoms with E-state index in [1.165, 1.54) is 4.31 Å². The van der Waals surface area contributed by atoms with Crippen molar-refractivity contribution in [2.24, 2.45) is 5.92 Å². The summed E-state index contributed by atoms with van der Waals surface area (Å²) < 4.78 is 28.1. The number of allylic oxidation sites excluding steroid dienone is 1. The summed E-state index contributed by atoms with van der Waals surface area (Å²) in [5.41, 5.74) is 4.84. The molecule has 1 saturated heterocycles. The third kappa shape index (κ3) is 4.18. The first-order valence-corrected chi connectivity index (χ1v) is 12.2. The van der Waals surface area contributed by atoms with E-state index in [9.17, 15) is 13.2 Å². The number of benzene rings is 3. The maximum Gasteiger partial charge on any atom is 0.243 e. The van der Waals surface area contributed by atoms with Crippen molar-refractivity contribution in [1.82, 2.24) is 4.31 Å². The van der Waals surface area contributed by atoms with E-state index in [2.05, 4.69) is 0 Å². The summed E-state index contributed by atoms with van der Waals surface area (Å²) in [6, 6.07) is 24.0. The molecule has 0 N–H and O–H groups in total. The summed E-state index contributed by atoms with van der Waals surface area (Å²) in [6.07, 6.45) is 0. The van der Waals surface area contributed by atoms with Crippen LogP contribution in [0, 0.1) is 19.8 Å². The maximum atomic E-state index is 13.7. The molecule has 1 aliphatic heterocycles. The first-order chi connectivity index (χ1) is 15.3. The van der Waals surface area contributed by atoms with Crippen LogP contribution in [0.3, 0.4) is 0 Å². The Balaban J connectivity index is 1.80. The molecule has 4 nitrogen and oxygen atoms in total. The third-order valence-corrected chi connectivity index (χ3v) is 7.90. The van der Waals surface area contributed by atoms with Crippen molar-refractivity contribution in [3.63, 3.8) is 0 Å². The topological polar surface area (TPSA) is 54.5 Å². The smallest absolute Gasteiger partial charge is 0.243 e. The molecule has 164 valence electrons. The molecular weight excluding hydrogens is 418 g/mol. The molecule has 3 aromatic carbocycles. The summed E-state index contributed by atoms with van der Waals surface area (Å²) in [6.45, 7) is 6.40. The number of ketones is 1. The number of carbonyl (C=O) groups excluding carboxylic acids is 1. The molecule has 0 bridgehead atoms. The first kappa shape index (κ1) is 22.2. The van der Waals surface area contributed by atoms with Gasteiger partial charge in [0.25, 0.3) is 0 Å². The van der Waals surface area contributed by atoms with E-state index in [-0.39, 0.29) is 23.1 Å². The molecule has 1 heterocycles. The van der Waals surface area contributed by atoms with Crippen LogP contribution >= 0.6 is 0 Å². The minimum atomic E-state index is -3.65. The molecule has 0 radical (unpaired) electrons. The van der Waals surface area contributed by atoms with E-state index >= 15 is 0 Å². The quantitative estimate of drug-likeness (QED) is 0.397. The Labute approximate surface area is 190 Å². The van der Waals surface area contributed by atoms with E-state index in [1.54, 1.807) is 24.3 Å². The standard InChI is InChI=1S/C27H27NO3S/c1-19-13-15-23(16-14-19)32(30,31)28-17-21(3)25(18-28)26(22-10-5-4-6-11-22)27(29)24-12-8-7-9-20(24)2/h4-16,21H,17-18H2,1-3H3/b26-25-. The number of nitrogens with zero attached hydrogens (tertiary/aromatic N) is 1. The van der Waals surface area contributed by atoms with Gasteiger partial charge in [0.05, 0.1) is 4.90 Å². The molecule has 0 spiro atoms. The lowest BCUT2D eigenvalue weighted by Crippen LogP contribution is -2.28. The molecule has 0 amide bonds. The highest BCUT2D eigenvalue weighted by molar-refractivity contribution is 7.89. The van der Waals surface area contributed by atoms with Gasteiger partial charge in [-0.1, -0.05) is 79.2 Å². The Kier molecular flexibility index (Phi) is 6.13. The fourth-order valence-electron chi connectivity index (χ4n) is 4.22. The second-order valence-electron chi connectivity index (χ2n) is 8.42. The van der Waals surface area contributed by atoms with Gasteiger partial charge in [0.2, 0.25) is 10.0 Å². The third-order valence-electron chi connectivity index (χ3n) is 6.08. The zero-order valence-electron chi connectivity index (χ0n) is 18.6. The SMILES string of the molecule is Cc1ccc(S(=O)(=O)N2C/C(=C(/C(=O)c3ccccc3C)c3ccccc3)C(C)C2)cc1. The van der Waals surface area contributed by atoms with Crippen LogP contribution in [-0.2, 0) is 10.0 Å². The van der Waals surface area contributed by atoms with Gasteiger partial charge in [-0.2, -0.15) is 4.31 Å². The molecular formula is C27H27NO3S. The van der Waals surface area contributed by atoms with E-state index in [0.29, 0.717) is 17.7 Å². The van der Waals surface area contributed by atoms with E-state index in [1.807, 2.05) is 75.4 Å². The molecule has 32 heavy (non-hydrogen) atoms. The zero-order valence-corrected chi connectivity index (χ0v) is 19.4. The van der Waals surface area contributed by atoms with Crippen LogP contribution in [0.2, 0.25) is 0 Å². The highest BCUT2D eigenvalue weighted by Crippen LogP contribution is 2.35. The van der Waals surface area contributed by atoms with Crippen molar-refractivity contribution in [1.29, 1.82) is 0 Å². The molecule has 1 aliphatic rings. The predicted molar refractivity (Wildman–Crippen MR) is 128 cm³/mol. The molecule has 0 aromatic heterocycles. The van der Waals surface area contributed by atoms with E-state index in [0.717, 1.165) is 22.3 Å². The summed E-state index contributed by atoms with van der Waals surface area (Å²) in [5.74, 6) is -0.135. The van der Waals surface area contributed by atoms with Crippen LogP contribution in [0.25, 0.3) is 5.57 Å². The van der Waals surface area contributed by atoms with Crippen molar-refractivity contribution in [2.45, 2.75) is 25.7 Å². The Morgan fingerprint density at radius 1 is 0.875 bits per heavy atom. The van der Waals surface area contributed by atoms with Gasteiger partial charge in [0, 0.05) is 24.2 Å². The van der Waals surface area contributed by atoms with Crippen LogP contribution < -0.4 is 0 Å². The van der Waals surface area contributed by atoms with Crippen molar-refractivity contribution in [2.75, 3.05) is 13.1 Å². The summed E-state index contributed by atoms with van der Waals surface area (Å²) in [7, 11) is -3.65. The van der Waals surface area contributed by atoms with E-state index in [4.69, 9.17) is 0 Å². The number of rotatable bonds is 5. The van der Waals surface area contributed by atoms with Crippen LogP contribution in [0.1, 0.15) is 34.0 Å². The van der Waals surface area contributed by atoms with Gasteiger partial charge in [-0.15, -0.1) is 0 Å². The van der Waals surface area contributed by atoms with Gasteiger partial charge in [-0.25, -0.2) is 8.42 Å². The lowest BCUT2D eigenvalue weighted by molar-refractivity contribution is 0.105. The Morgan fingerprint density at radius 3 is 2.16 bits per heavy atom. The average Bonchev–Trinajstić information content (AvgIpc) is 3.17. The number of carbonyl (C=O) groups is 1. The van der Waals surface area contributed by atoms with Gasteiger partial charge >= 0.3 is 0 Å². The number of hydrogen-bond donors (Lipinski definition) is 0. The summed E-state index contributed by atoms with van der Waals surface area (Å²) in [4.78, 5) is 14.0. The van der Waals surface area contributed by atoms with Gasteiger partial charge in [-0.05, 0) is 48.6 Å². The molecule has 3 aromatic rings. The van der Waals surface area contributed by atoms with Crippen LogP contribution in [0.5, 0.6) is 0 Å². The lowest BCUT2D eigenvalue weighted by atomic mass is 9.87. The Morgan fingerprint density at radius 2 is 1.50 bits per heavy atom. The van der Waals surface area contributed by atoms with Crippen LogP contribution in [-0.4, -0.2) is 31.6 Å². The molecule has 0 saturated carbocycles. The highest BCUT2D eigenvalue weighted by Gasteiger charge is 2.36. The van der Waals surface area contributed by atoms with E-state index < -0.39 is 10.0 Å². The minimum absolute atomic E-state index is 0.0641. The second-order valence-corrected chi connectivity index (χ2v) is 10.4. The van der Waals surface area contributed by atoms with Gasteiger partial charge < -0.3 is 0 Å². The second kappa shape index (κ2) is 8.85. The monoisotopic (exact) mass is 445 g/mol. The molecule has 0 aliphatic carbocycles. The molecule has 1 fully saturated rings. The number of aryl methyl sites for hydroxylation is 2. The lowest BCUT2D eigenvalue weighted by Gasteiger charge is -2.16. The number of Topliss-reactive ketones (excluding diaryl/α,β-unsaturated/α-hetero) is 1. The van der Waals surface area contributed by atoms with Crippen LogP contribution in [0.15, 0.2) is 89.3 Å². The normalized spacial score (nSPS) is 18.5. The molecule has 1 atom stereocenters. The van der Waals surface area contributed by atoms with Crippen molar-refractivity contribution < 1.29 is 13.2 Å². The molecule has 4 rings (SSSR count). The summed E-state index contributed by atoms with van der Waals surface area (Å²) >= 11 is 0. The number of hydrogen-bond acceptors (Lipinski definition) is 3. The fourth-order valence-corrected chi connectivity index (χ4v) is 5.73. The maximum absolute atomic E-state index is 13.7. The van der Waals surface area contributed by atoms with Crippen LogP contribution in [0.4, 0.5) is 0 Å². The average molecular weight is 446 g/mol. The van der Waals surface area contributed by atoms with Crippen molar-refractivity contribution >= 4 is 21.4 Å². The van der Waals surface area contributed by atoms with Crippen molar-refractivity contribution in [3.05, 3.63) is 107 Å². The fraction of sp³-hybridized carbons (Fsp3) is 0.222. The number of sulfonamides is 1. The Hall–Kier alpha value is -3.02. The zero-order chi connectivity index (χ0) is 22.9. The molecule has 1 unspecified atom stereocenters. The Bertz CT molecular complexity index is 1280. The molecule has 5 heteroatoms. The minimum Gasteiger partial charge on any atom is -0.289 e. The van der Waals surface area contributed by atoms with Gasteiger partial charge in [0.1, 0.15) is 0 Å².